The molecule has 1 heterocycles. The lowest BCUT2D eigenvalue weighted by molar-refractivity contribution is -0.138. The van der Waals surface area contributed by atoms with E-state index >= 15 is 0 Å². The number of carboxylic acids is 1. The molecule has 1 N–H and O–H groups in total. The average molecular weight is 358 g/mol. The van der Waals surface area contributed by atoms with Gasteiger partial charge in [0.15, 0.2) is 0 Å². The minimum Gasteiger partial charge on any atom is -0.481 e. The summed E-state index contributed by atoms with van der Waals surface area (Å²) in [6, 6.07) is 5.29. The molecule has 108 valence electrons. The summed E-state index contributed by atoms with van der Waals surface area (Å²) in [4.78, 5) is 25.3. The molecule has 1 fully saturated rings. The van der Waals surface area contributed by atoms with Crippen molar-refractivity contribution in [1.29, 1.82) is 0 Å². The Kier molecular flexibility index (Phi) is 5.10. The van der Waals surface area contributed by atoms with Crippen LogP contribution in [0.25, 0.3) is 0 Å². The van der Waals surface area contributed by atoms with E-state index in [9.17, 15) is 9.59 Å². The van der Waals surface area contributed by atoms with Crippen LogP contribution in [0.1, 0.15) is 22.3 Å². The van der Waals surface area contributed by atoms with E-state index in [1.54, 1.807) is 22.7 Å². The van der Waals surface area contributed by atoms with Gasteiger partial charge < -0.3 is 10.0 Å². The van der Waals surface area contributed by atoms with Crippen LogP contribution in [-0.2, 0) is 4.79 Å². The van der Waals surface area contributed by atoms with Gasteiger partial charge in [-0.1, -0.05) is 22.0 Å². The molecular formula is C14H16BrNO3S. The zero-order chi connectivity index (χ0) is 14.7. The number of carbonyl (C=O) groups is 2. The maximum Gasteiger partial charge on any atom is 0.305 e. The highest BCUT2D eigenvalue weighted by Gasteiger charge is 2.30. The molecule has 0 saturated carbocycles. The van der Waals surface area contributed by atoms with Gasteiger partial charge in [0.25, 0.3) is 5.91 Å². The van der Waals surface area contributed by atoms with E-state index in [2.05, 4.69) is 15.9 Å². The molecule has 1 amide bonds. The van der Waals surface area contributed by atoms with Gasteiger partial charge in [-0.25, -0.2) is 0 Å². The molecule has 1 aliphatic rings. The molecule has 1 aromatic rings. The molecule has 1 atom stereocenters. The first-order valence-corrected chi connectivity index (χ1v) is 8.31. The van der Waals surface area contributed by atoms with E-state index < -0.39 is 5.97 Å². The summed E-state index contributed by atoms with van der Waals surface area (Å²) >= 11 is 5.13. The van der Waals surface area contributed by atoms with Crippen LogP contribution in [0.5, 0.6) is 0 Å². The second kappa shape index (κ2) is 6.63. The van der Waals surface area contributed by atoms with Crippen LogP contribution in [0.2, 0.25) is 0 Å². The monoisotopic (exact) mass is 357 g/mol. The summed E-state index contributed by atoms with van der Waals surface area (Å²) in [7, 11) is 0. The largest absolute Gasteiger partial charge is 0.481 e. The third-order valence-electron chi connectivity index (χ3n) is 3.40. The van der Waals surface area contributed by atoms with Gasteiger partial charge in [0, 0.05) is 28.1 Å². The number of hydrogen-bond acceptors (Lipinski definition) is 3. The van der Waals surface area contributed by atoms with Crippen LogP contribution in [0.4, 0.5) is 0 Å². The second-order valence-electron chi connectivity index (χ2n) is 4.74. The maximum atomic E-state index is 12.7. The number of hydrogen-bond donors (Lipinski definition) is 1. The fourth-order valence-electron chi connectivity index (χ4n) is 2.29. The van der Waals surface area contributed by atoms with Crippen molar-refractivity contribution < 1.29 is 14.7 Å². The van der Waals surface area contributed by atoms with Crippen molar-refractivity contribution in [3.8, 4) is 0 Å². The predicted octanol–water partition coefficient (Wildman–Crippen LogP) is 2.79. The minimum atomic E-state index is -0.860. The summed E-state index contributed by atoms with van der Waals surface area (Å²) in [5.74, 6) is 0.608. The number of rotatable bonds is 3. The average Bonchev–Trinajstić information content (AvgIpc) is 2.41. The van der Waals surface area contributed by atoms with E-state index in [-0.39, 0.29) is 18.4 Å². The van der Waals surface area contributed by atoms with Gasteiger partial charge in [-0.2, -0.15) is 11.8 Å². The van der Waals surface area contributed by atoms with E-state index in [1.807, 2.05) is 19.1 Å². The lowest BCUT2D eigenvalue weighted by Gasteiger charge is -2.35. The van der Waals surface area contributed by atoms with Gasteiger partial charge in [-0.05, 0) is 24.6 Å². The van der Waals surface area contributed by atoms with Gasteiger partial charge in [0.2, 0.25) is 0 Å². The highest BCUT2D eigenvalue weighted by Crippen LogP contribution is 2.25. The molecule has 0 bridgehead atoms. The zero-order valence-corrected chi connectivity index (χ0v) is 13.5. The molecule has 1 saturated heterocycles. The van der Waals surface area contributed by atoms with Crippen LogP contribution < -0.4 is 0 Å². The number of benzene rings is 1. The topological polar surface area (TPSA) is 57.6 Å². The quantitative estimate of drug-likeness (QED) is 0.903. The highest BCUT2D eigenvalue weighted by atomic mass is 79.9. The van der Waals surface area contributed by atoms with Crippen molar-refractivity contribution in [1.82, 2.24) is 4.90 Å². The summed E-state index contributed by atoms with van der Waals surface area (Å²) in [5, 5.41) is 8.98. The zero-order valence-electron chi connectivity index (χ0n) is 11.1. The Morgan fingerprint density at radius 3 is 2.95 bits per heavy atom. The molecule has 4 nitrogen and oxygen atoms in total. The van der Waals surface area contributed by atoms with Crippen molar-refractivity contribution in [2.75, 3.05) is 18.1 Å². The van der Waals surface area contributed by atoms with Gasteiger partial charge in [-0.15, -0.1) is 0 Å². The molecule has 1 aliphatic heterocycles. The Balaban J connectivity index is 2.25. The maximum absolute atomic E-state index is 12.7. The van der Waals surface area contributed by atoms with Crippen molar-refractivity contribution in [3.63, 3.8) is 0 Å². The number of halogens is 1. The molecular weight excluding hydrogens is 342 g/mol. The van der Waals surface area contributed by atoms with Crippen molar-refractivity contribution in [2.45, 2.75) is 19.4 Å². The summed E-state index contributed by atoms with van der Waals surface area (Å²) < 4.78 is 0.893. The number of carboxylic acid groups (broad SMARTS) is 1. The number of carbonyl (C=O) groups excluding carboxylic acids is 1. The van der Waals surface area contributed by atoms with Crippen LogP contribution >= 0.6 is 27.7 Å². The van der Waals surface area contributed by atoms with Crippen molar-refractivity contribution in [2.24, 2.45) is 0 Å². The van der Waals surface area contributed by atoms with Crippen LogP contribution in [-0.4, -0.2) is 46.0 Å². The van der Waals surface area contributed by atoms with Crippen LogP contribution in [0.15, 0.2) is 22.7 Å². The molecule has 0 aliphatic carbocycles. The third-order valence-corrected chi connectivity index (χ3v) is 5.35. The van der Waals surface area contributed by atoms with E-state index in [0.717, 1.165) is 15.8 Å². The Bertz CT molecular complexity index is 535. The Morgan fingerprint density at radius 2 is 2.25 bits per heavy atom. The van der Waals surface area contributed by atoms with Gasteiger partial charge >= 0.3 is 5.97 Å². The molecule has 1 unspecified atom stereocenters. The standard InChI is InChI=1S/C14H16BrNO3S/c1-9-11(3-2-4-12(9)15)14(19)16-5-6-20-8-10(16)7-13(17)18/h2-4,10H,5-8H2,1H3,(H,17,18). The number of aliphatic carboxylic acids is 1. The second-order valence-corrected chi connectivity index (χ2v) is 6.74. The first-order valence-electron chi connectivity index (χ1n) is 6.36. The van der Waals surface area contributed by atoms with Crippen molar-refractivity contribution in [3.05, 3.63) is 33.8 Å². The summed E-state index contributed by atoms with van der Waals surface area (Å²) in [6.45, 7) is 2.50. The van der Waals surface area contributed by atoms with Crippen LogP contribution in [0, 0.1) is 6.92 Å². The van der Waals surface area contributed by atoms with E-state index in [1.165, 1.54) is 0 Å². The molecule has 6 heteroatoms. The Hall–Kier alpha value is -1.01. The number of amides is 1. The Morgan fingerprint density at radius 1 is 1.50 bits per heavy atom. The normalized spacial score (nSPS) is 18.9. The first-order chi connectivity index (χ1) is 9.50. The molecule has 0 radical (unpaired) electrons. The molecule has 0 spiro atoms. The highest BCUT2D eigenvalue weighted by molar-refractivity contribution is 9.10. The number of nitrogens with zero attached hydrogens (tertiary/aromatic N) is 1. The van der Waals surface area contributed by atoms with E-state index in [4.69, 9.17) is 5.11 Å². The van der Waals surface area contributed by atoms with Gasteiger partial charge in [-0.3, -0.25) is 9.59 Å². The molecule has 0 aromatic heterocycles. The lowest BCUT2D eigenvalue weighted by atomic mass is 10.1. The van der Waals surface area contributed by atoms with Crippen LogP contribution in [0.3, 0.4) is 0 Å². The molecule has 1 aromatic carbocycles. The fraction of sp³-hybridized carbons (Fsp3) is 0.429. The Labute approximate surface area is 130 Å². The number of thioether (sulfide) groups is 1. The fourth-order valence-corrected chi connectivity index (χ4v) is 3.72. The van der Waals surface area contributed by atoms with E-state index in [0.29, 0.717) is 17.9 Å². The summed E-state index contributed by atoms with van der Waals surface area (Å²) in [5.41, 5.74) is 1.53. The lowest BCUT2D eigenvalue weighted by Crippen LogP contribution is -2.47. The molecule has 20 heavy (non-hydrogen) atoms. The summed E-state index contributed by atoms with van der Waals surface area (Å²) in [6.07, 6.45) is 0.00574. The first kappa shape index (κ1) is 15.4. The molecule has 2 rings (SSSR count). The third kappa shape index (κ3) is 3.35. The minimum absolute atomic E-state index is 0.00574. The van der Waals surface area contributed by atoms with Crippen molar-refractivity contribution >= 4 is 39.6 Å². The predicted molar refractivity (Wildman–Crippen MR) is 83.3 cm³/mol. The van der Waals surface area contributed by atoms with Gasteiger partial charge in [0.1, 0.15) is 0 Å². The smallest absolute Gasteiger partial charge is 0.305 e. The SMILES string of the molecule is Cc1c(Br)cccc1C(=O)N1CCSCC1CC(=O)O. The van der Waals surface area contributed by atoms with Gasteiger partial charge in [0.05, 0.1) is 12.5 Å².